The summed E-state index contributed by atoms with van der Waals surface area (Å²) in [5.74, 6) is 0.240. The van der Waals surface area contributed by atoms with Gasteiger partial charge in [-0.15, -0.1) is 0 Å². The average molecular weight is 329 g/mol. The molecular weight excluding hydrogens is 305 g/mol. The summed E-state index contributed by atoms with van der Waals surface area (Å²) in [5.41, 5.74) is 2.06. The number of hydrogen-bond donors (Lipinski definition) is 1. The lowest BCUT2D eigenvalue weighted by molar-refractivity contribution is -0.122. The van der Waals surface area contributed by atoms with Gasteiger partial charge in [0.15, 0.2) is 0 Å². The molecule has 4 nitrogen and oxygen atoms in total. The maximum Gasteiger partial charge on any atom is 0.220 e. The van der Waals surface area contributed by atoms with Crippen LogP contribution in [0.3, 0.4) is 0 Å². The van der Waals surface area contributed by atoms with E-state index in [0.29, 0.717) is 18.8 Å². The summed E-state index contributed by atoms with van der Waals surface area (Å²) < 4.78 is 14.9. The molecule has 1 fully saturated rings. The third kappa shape index (κ3) is 4.22. The van der Waals surface area contributed by atoms with Crippen LogP contribution in [0.4, 0.5) is 4.39 Å². The molecule has 1 aliphatic carbocycles. The molecule has 1 amide bonds. The SMILES string of the molecule is Cn1cc(CCC(=O)NC(c2ccc(F)cc2)C2CCCC2)cn1. The van der Waals surface area contributed by atoms with E-state index >= 15 is 0 Å². The molecule has 1 saturated carbocycles. The van der Waals surface area contributed by atoms with Gasteiger partial charge in [0, 0.05) is 19.7 Å². The number of carbonyl (C=O) groups is 1. The van der Waals surface area contributed by atoms with Crippen LogP contribution in [0, 0.1) is 11.7 Å². The highest BCUT2D eigenvalue weighted by molar-refractivity contribution is 5.76. The Morgan fingerprint density at radius 1 is 1.33 bits per heavy atom. The van der Waals surface area contributed by atoms with Gasteiger partial charge in [-0.2, -0.15) is 5.10 Å². The summed E-state index contributed by atoms with van der Waals surface area (Å²) >= 11 is 0. The topological polar surface area (TPSA) is 46.9 Å². The van der Waals surface area contributed by atoms with E-state index in [1.165, 1.54) is 25.0 Å². The molecule has 5 heteroatoms. The zero-order chi connectivity index (χ0) is 16.9. The van der Waals surface area contributed by atoms with Crippen molar-refractivity contribution in [2.24, 2.45) is 13.0 Å². The molecule has 128 valence electrons. The Hall–Kier alpha value is -2.17. The third-order valence-electron chi connectivity index (χ3n) is 4.82. The lowest BCUT2D eigenvalue weighted by Gasteiger charge is -2.25. The van der Waals surface area contributed by atoms with Crippen molar-refractivity contribution in [1.82, 2.24) is 15.1 Å². The molecule has 1 N–H and O–H groups in total. The van der Waals surface area contributed by atoms with Crippen LogP contribution in [0.25, 0.3) is 0 Å². The van der Waals surface area contributed by atoms with Gasteiger partial charge >= 0.3 is 0 Å². The predicted octanol–water partition coefficient (Wildman–Crippen LogP) is 3.54. The van der Waals surface area contributed by atoms with E-state index in [-0.39, 0.29) is 17.8 Å². The first-order chi connectivity index (χ1) is 11.6. The molecule has 0 radical (unpaired) electrons. The molecule has 1 aromatic heterocycles. The van der Waals surface area contributed by atoms with E-state index in [1.807, 2.05) is 13.2 Å². The van der Waals surface area contributed by atoms with Crippen molar-refractivity contribution >= 4 is 5.91 Å². The van der Waals surface area contributed by atoms with Crippen molar-refractivity contribution < 1.29 is 9.18 Å². The van der Waals surface area contributed by atoms with Crippen molar-refractivity contribution in [3.8, 4) is 0 Å². The summed E-state index contributed by atoms with van der Waals surface area (Å²) in [6, 6.07) is 6.51. The lowest BCUT2D eigenvalue weighted by atomic mass is 9.91. The van der Waals surface area contributed by atoms with Crippen molar-refractivity contribution in [2.75, 3.05) is 0 Å². The minimum atomic E-state index is -0.244. The number of amides is 1. The lowest BCUT2D eigenvalue weighted by Crippen LogP contribution is -2.32. The maximum absolute atomic E-state index is 13.2. The predicted molar refractivity (Wildman–Crippen MR) is 90.8 cm³/mol. The van der Waals surface area contributed by atoms with Gasteiger partial charge in [-0.3, -0.25) is 9.48 Å². The molecule has 0 saturated heterocycles. The Balaban J connectivity index is 1.64. The quantitative estimate of drug-likeness (QED) is 0.881. The van der Waals surface area contributed by atoms with E-state index in [9.17, 15) is 9.18 Å². The second-order valence-electron chi connectivity index (χ2n) is 6.66. The van der Waals surface area contributed by atoms with Crippen LogP contribution >= 0.6 is 0 Å². The van der Waals surface area contributed by atoms with Gasteiger partial charge in [0.05, 0.1) is 12.2 Å². The van der Waals surface area contributed by atoms with Crippen LogP contribution in [-0.2, 0) is 18.3 Å². The molecule has 1 heterocycles. The normalized spacial score (nSPS) is 16.2. The zero-order valence-electron chi connectivity index (χ0n) is 14.0. The Morgan fingerprint density at radius 3 is 2.67 bits per heavy atom. The van der Waals surface area contributed by atoms with Crippen LogP contribution in [0.5, 0.6) is 0 Å². The molecule has 0 spiro atoms. The van der Waals surface area contributed by atoms with Crippen molar-refractivity contribution in [2.45, 2.75) is 44.6 Å². The molecule has 2 aromatic rings. The van der Waals surface area contributed by atoms with Gasteiger partial charge in [0.25, 0.3) is 0 Å². The highest BCUT2D eigenvalue weighted by Gasteiger charge is 2.27. The minimum absolute atomic E-state index is 0.0190. The number of nitrogens with one attached hydrogen (secondary N) is 1. The molecule has 1 aromatic carbocycles. The number of halogens is 1. The Kier molecular flexibility index (Phi) is 5.28. The second-order valence-corrected chi connectivity index (χ2v) is 6.66. The van der Waals surface area contributed by atoms with Crippen molar-refractivity contribution in [3.05, 3.63) is 53.6 Å². The summed E-state index contributed by atoms with van der Waals surface area (Å²) in [4.78, 5) is 12.4. The van der Waals surface area contributed by atoms with E-state index in [1.54, 1.807) is 23.0 Å². The third-order valence-corrected chi connectivity index (χ3v) is 4.82. The number of hydrogen-bond acceptors (Lipinski definition) is 2. The van der Waals surface area contributed by atoms with Gasteiger partial charge in [-0.25, -0.2) is 4.39 Å². The Labute approximate surface area is 142 Å². The minimum Gasteiger partial charge on any atom is -0.349 e. The van der Waals surface area contributed by atoms with E-state index in [2.05, 4.69) is 10.4 Å². The summed E-state index contributed by atoms with van der Waals surface area (Å²) in [5, 5.41) is 7.31. The Bertz CT molecular complexity index is 674. The standard InChI is InChI=1S/C19H24FN3O/c1-23-13-14(12-21-23)6-11-18(24)22-19(15-4-2-3-5-15)16-7-9-17(20)10-8-16/h7-10,12-13,15,19H,2-6,11H2,1H3,(H,22,24). The molecule has 24 heavy (non-hydrogen) atoms. The second kappa shape index (κ2) is 7.60. The van der Waals surface area contributed by atoms with Crippen molar-refractivity contribution in [1.29, 1.82) is 0 Å². The number of rotatable bonds is 6. The fraction of sp³-hybridized carbons (Fsp3) is 0.474. The summed E-state index contributed by atoms with van der Waals surface area (Å²) in [6.45, 7) is 0. The molecule has 1 atom stereocenters. The van der Waals surface area contributed by atoms with Crippen LogP contribution in [0.2, 0.25) is 0 Å². The summed E-state index contributed by atoms with van der Waals surface area (Å²) in [7, 11) is 1.87. The Morgan fingerprint density at radius 2 is 2.04 bits per heavy atom. The molecule has 1 unspecified atom stereocenters. The van der Waals surface area contributed by atoms with Gasteiger partial charge in [-0.05, 0) is 48.4 Å². The number of aryl methyl sites for hydroxylation is 2. The largest absolute Gasteiger partial charge is 0.349 e. The van der Waals surface area contributed by atoms with Crippen LogP contribution in [0.1, 0.15) is 49.3 Å². The first-order valence-electron chi connectivity index (χ1n) is 8.64. The van der Waals surface area contributed by atoms with Gasteiger partial charge < -0.3 is 5.32 Å². The highest BCUT2D eigenvalue weighted by Crippen LogP contribution is 2.35. The van der Waals surface area contributed by atoms with Crippen LogP contribution in [-0.4, -0.2) is 15.7 Å². The molecular formula is C19H24FN3O. The van der Waals surface area contributed by atoms with E-state index in [0.717, 1.165) is 24.0 Å². The van der Waals surface area contributed by atoms with Crippen molar-refractivity contribution in [3.63, 3.8) is 0 Å². The number of nitrogens with zero attached hydrogens (tertiary/aromatic N) is 2. The first kappa shape index (κ1) is 16.7. The molecule has 0 bridgehead atoms. The van der Waals surface area contributed by atoms with Gasteiger partial charge in [0.1, 0.15) is 5.82 Å². The molecule has 1 aliphatic rings. The first-order valence-corrected chi connectivity index (χ1v) is 8.64. The van der Waals surface area contributed by atoms with Gasteiger partial charge in [0.2, 0.25) is 5.91 Å². The fourth-order valence-corrected chi connectivity index (χ4v) is 3.54. The van der Waals surface area contributed by atoms with Crippen LogP contribution in [0.15, 0.2) is 36.7 Å². The maximum atomic E-state index is 13.2. The fourth-order valence-electron chi connectivity index (χ4n) is 3.54. The average Bonchev–Trinajstić information content (AvgIpc) is 3.23. The monoisotopic (exact) mass is 329 g/mol. The highest BCUT2D eigenvalue weighted by atomic mass is 19.1. The number of aromatic nitrogens is 2. The smallest absolute Gasteiger partial charge is 0.220 e. The van der Waals surface area contributed by atoms with Crippen LogP contribution < -0.4 is 5.32 Å². The van der Waals surface area contributed by atoms with Gasteiger partial charge in [-0.1, -0.05) is 25.0 Å². The summed E-state index contributed by atoms with van der Waals surface area (Å²) in [6.07, 6.45) is 9.48. The number of benzene rings is 1. The van der Waals surface area contributed by atoms with E-state index < -0.39 is 0 Å². The molecule has 0 aliphatic heterocycles. The zero-order valence-corrected chi connectivity index (χ0v) is 14.0. The number of carbonyl (C=O) groups excluding carboxylic acids is 1. The van der Waals surface area contributed by atoms with E-state index in [4.69, 9.17) is 0 Å². The molecule has 3 rings (SSSR count).